The van der Waals surface area contributed by atoms with Gasteiger partial charge >= 0.3 is 0 Å². The first kappa shape index (κ1) is 20.1. The van der Waals surface area contributed by atoms with E-state index >= 15 is 0 Å². The second-order valence-electron chi connectivity index (χ2n) is 5.89. The maximum Gasteiger partial charge on any atom is 0.161 e. The van der Waals surface area contributed by atoms with Crippen molar-refractivity contribution in [3.63, 3.8) is 0 Å². The highest BCUT2D eigenvalue weighted by molar-refractivity contribution is 6.35. The standard InChI is InChI=1S/C22H19Cl2NO3/c1-26-19-8-6-18(7-9-19)25-13-15-3-10-21(22(11-15)27-2)28-14-16-4-5-17(23)12-20(16)24/h3-13H,14H2,1-2H3. The summed E-state index contributed by atoms with van der Waals surface area (Å²) in [6.45, 7) is 0.311. The zero-order valence-corrected chi connectivity index (χ0v) is 17.0. The summed E-state index contributed by atoms with van der Waals surface area (Å²) in [5.74, 6) is 2.03. The fraction of sp³-hybridized carbons (Fsp3) is 0.136. The first-order chi connectivity index (χ1) is 13.6. The second-order valence-corrected chi connectivity index (χ2v) is 6.73. The van der Waals surface area contributed by atoms with E-state index in [0.717, 1.165) is 22.6 Å². The molecule has 0 bridgehead atoms. The Bertz CT molecular complexity index is 972. The van der Waals surface area contributed by atoms with Gasteiger partial charge in [-0.3, -0.25) is 4.99 Å². The van der Waals surface area contributed by atoms with Crippen LogP contribution in [0.4, 0.5) is 5.69 Å². The van der Waals surface area contributed by atoms with Crippen molar-refractivity contribution in [3.05, 3.63) is 81.8 Å². The summed E-state index contributed by atoms with van der Waals surface area (Å²) in [4.78, 5) is 4.46. The van der Waals surface area contributed by atoms with Gasteiger partial charge in [-0.05, 0) is 60.2 Å². The minimum atomic E-state index is 0.311. The van der Waals surface area contributed by atoms with Gasteiger partial charge in [0, 0.05) is 21.8 Å². The molecule has 0 aromatic heterocycles. The molecule has 0 unspecified atom stereocenters. The van der Waals surface area contributed by atoms with Crippen LogP contribution >= 0.6 is 23.2 Å². The molecule has 0 amide bonds. The molecule has 0 N–H and O–H groups in total. The Morgan fingerprint density at radius 1 is 0.857 bits per heavy atom. The van der Waals surface area contributed by atoms with Crippen LogP contribution in [0.5, 0.6) is 17.2 Å². The summed E-state index contributed by atoms with van der Waals surface area (Å²) in [7, 11) is 3.23. The van der Waals surface area contributed by atoms with Gasteiger partial charge in [0.05, 0.1) is 19.9 Å². The lowest BCUT2D eigenvalue weighted by Crippen LogP contribution is -1.99. The normalized spacial score (nSPS) is 10.9. The van der Waals surface area contributed by atoms with Crippen molar-refractivity contribution < 1.29 is 14.2 Å². The van der Waals surface area contributed by atoms with Crippen LogP contribution in [0, 0.1) is 0 Å². The molecular weight excluding hydrogens is 397 g/mol. The molecule has 4 nitrogen and oxygen atoms in total. The van der Waals surface area contributed by atoms with Crippen molar-refractivity contribution in [1.29, 1.82) is 0 Å². The second kappa shape index (κ2) is 9.49. The Morgan fingerprint density at radius 3 is 2.32 bits per heavy atom. The van der Waals surface area contributed by atoms with Crippen LogP contribution in [-0.4, -0.2) is 20.4 Å². The molecule has 0 atom stereocenters. The van der Waals surface area contributed by atoms with Gasteiger partial charge in [-0.1, -0.05) is 29.3 Å². The number of rotatable bonds is 7. The van der Waals surface area contributed by atoms with E-state index in [1.54, 1.807) is 32.6 Å². The number of nitrogens with zero attached hydrogens (tertiary/aromatic N) is 1. The van der Waals surface area contributed by atoms with Crippen molar-refractivity contribution in [2.45, 2.75) is 6.61 Å². The first-order valence-electron chi connectivity index (χ1n) is 8.52. The minimum absolute atomic E-state index is 0.311. The summed E-state index contributed by atoms with van der Waals surface area (Å²) in [5, 5.41) is 1.15. The lowest BCUT2D eigenvalue weighted by atomic mass is 10.2. The molecule has 3 aromatic rings. The van der Waals surface area contributed by atoms with Gasteiger partial charge in [-0.25, -0.2) is 0 Å². The zero-order chi connectivity index (χ0) is 19.9. The summed E-state index contributed by atoms with van der Waals surface area (Å²) in [6.07, 6.45) is 1.77. The van der Waals surface area contributed by atoms with Crippen LogP contribution in [0.2, 0.25) is 10.0 Å². The van der Waals surface area contributed by atoms with Crippen LogP contribution in [-0.2, 0) is 6.61 Å². The van der Waals surface area contributed by atoms with Gasteiger partial charge in [0.25, 0.3) is 0 Å². The quantitative estimate of drug-likeness (QED) is 0.422. The number of halogens is 2. The molecule has 3 rings (SSSR count). The topological polar surface area (TPSA) is 40.0 Å². The Kier molecular flexibility index (Phi) is 6.80. The van der Waals surface area contributed by atoms with Gasteiger partial charge in [-0.2, -0.15) is 0 Å². The van der Waals surface area contributed by atoms with E-state index in [4.69, 9.17) is 37.4 Å². The molecule has 0 aliphatic carbocycles. The summed E-state index contributed by atoms with van der Waals surface area (Å²) in [6, 6.07) is 18.4. The van der Waals surface area contributed by atoms with Crippen LogP contribution in [0.15, 0.2) is 65.7 Å². The average Bonchev–Trinajstić information content (AvgIpc) is 2.72. The highest BCUT2D eigenvalue weighted by atomic mass is 35.5. The fourth-order valence-corrected chi connectivity index (χ4v) is 2.96. The van der Waals surface area contributed by atoms with E-state index in [2.05, 4.69) is 4.99 Å². The van der Waals surface area contributed by atoms with E-state index in [9.17, 15) is 0 Å². The zero-order valence-electron chi connectivity index (χ0n) is 15.5. The Hall–Kier alpha value is -2.69. The maximum absolute atomic E-state index is 6.19. The third kappa shape index (κ3) is 5.18. The lowest BCUT2D eigenvalue weighted by Gasteiger charge is -2.12. The summed E-state index contributed by atoms with van der Waals surface area (Å²) >= 11 is 12.1. The molecule has 0 heterocycles. The number of aliphatic imine (C=N–C) groups is 1. The molecule has 6 heteroatoms. The molecule has 0 aliphatic heterocycles. The van der Waals surface area contributed by atoms with E-state index in [-0.39, 0.29) is 0 Å². The van der Waals surface area contributed by atoms with Crippen LogP contribution in [0.3, 0.4) is 0 Å². The number of hydrogen-bond acceptors (Lipinski definition) is 4. The van der Waals surface area contributed by atoms with E-state index < -0.39 is 0 Å². The van der Waals surface area contributed by atoms with E-state index in [1.807, 2.05) is 48.5 Å². The van der Waals surface area contributed by atoms with Crippen molar-refractivity contribution in [2.75, 3.05) is 14.2 Å². The molecule has 0 fully saturated rings. The molecule has 144 valence electrons. The molecule has 28 heavy (non-hydrogen) atoms. The molecule has 0 aliphatic rings. The molecule has 3 aromatic carbocycles. The van der Waals surface area contributed by atoms with Crippen LogP contribution < -0.4 is 14.2 Å². The highest BCUT2D eigenvalue weighted by Gasteiger charge is 2.08. The Balaban J connectivity index is 1.71. The molecule has 0 saturated carbocycles. The molecular formula is C22H19Cl2NO3. The lowest BCUT2D eigenvalue weighted by molar-refractivity contribution is 0.284. The largest absolute Gasteiger partial charge is 0.497 e. The number of benzene rings is 3. The highest BCUT2D eigenvalue weighted by Crippen LogP contribution is 2.30. The number of ether oxygens (including phenoxy) is 3. The van der Waals surface area contributed by atoms with Crippen molar-refractivity contribution in [3.8, 4) is 17.2 Å². The van der Waals surface area contributed by atoms with Gasteiger partial charge < -0.3 is 14.2 Å². The van der Waals surface area contributed by atoms with Crippen LogP contribution in [0.25, 0.3) is 0 Å². The van der Waals surface area contributed by atoms with Crippen molar-refractivity contribution in [2.24, 2.45) is 4.99 Å². The van der Waals surface area contributed by atoms with Crippen LogP contribution in [0.1, 0.15) is 11.1 Å². The fourth-order valence-electron chi connectivity index (χ4n) is 2.50. The summed E-state index contributed by atoms with van der Waals surface area (Å²) in [5.41, 5.74) is 2.57. The number of hydrogen-bond donors (Lipinski definition) is 0. The third-order valence-corrected chi connectivity index (χ3v) is 4.61. The first-order valence-corrected chi connectivity index (χ1v) is 9.27. The Morgan fingerprint density at radius 2 is 1.64 bits per heavy atom. The minimum Gasteiger partial charge on any atom is -0.497 e. The van der Waals surface area contributed by atoms with Gasteiger partial charge in [0.2, 0.25) is 0 Å². The predicted octanol–water partition coefficient (Wildman–Crippen LogP) is 6.34. The van der Waals surface area contributed by atoms with Gasteiger partial charge in [-0.15, -0.1) is 0 Å². The van der Waals surface area contributed by atoms with Gasteiger partial charge in [0.1, 0.15) is 12.4 Å². The monoisotopic (exact) mass is 415 g/mol. The van der Waals surface area contributed by atoms with Crippen molar-refractivity contribution in [1.82, 2.24) is 0 Å². The Labute approximate surface area is 174 Å². The molecule has 0 spiro atoms. The predicted molar refractivity (Wildman–Crippen MR) is 114 cm³/mol. The van der Waals surface area contributed by atoms with Crippen molar-refractivity contribution >= 4 is 35.1 Å². The SMILES string of the molecule is COc1ccc(N=Cc2ccc(OCc3ccc(Cl)cc3Cl)c(OC)c2)cc1. The van der Waals surface area contributed by atoms with E-state index in [0.29, 0.717) is 28.2 Å². The van der Waals surface area contributed by atoms with E-state index in [1.165, 1.54) is 0 Å². The average molecular weight is 416 g/mol. The number of methoxy groups -OCH3 is 2. The smallest absolute Gasteiger partial charge is 0.161 e. The molecule has 0 saturated heterocycles. The third-order valence-electron chi connectivity index (χ3n) is 4.02. The van der Waals surface area contributed by atoms with Gasteiger partial charge in [0.15, 0.2) is 11.5 Å². The summed E-state index contributed by atoms with van der Waals surface area (Å²) < 4.78 is 16.5. The maximum atomic E-state index is 6.19. The molecule has 0 radical (unpaired) electrons.